The van der Waals surface area contributed by atoms with Crippen LogP contribution in [0.15, 0.2) is 24.3 Å². The van der Waals surface area contributed by atoms with Gasteiger partial charge in [-0.3, -0.25) is 0 Å². The Bertz CT molecular complexity index is 134. The first-order chi connectivity index (χ1) is 4.39. The molecule has 0 aromatic rings. The van der Waals surface area contributed by atoms with E-state index in [4.69, 9.17) is 1.37 Å². The SMILES string of the molecule is [2H]C1=CC=CCCCC1. The van der Waals surface area contributed by atoms with Crippen LogP contribution in [0.3, 0.4) is 0 Å². The second-order valence-corrected chi connectivity index (χ2v) is 2.04. The van der Waals surface area contributed by atoms with Crippen LogP contribution in [0.1, 0.15) is 27.1 Å². The quantitative estimate of drug-likeness (QED) is 0.448. The van der Waals surface area contributed by atoms with E-state index in [0.717, 1.165) is 12.5 Å². The van der Waals surface area contributed by atoms with Crippen LogP contribution in [0.25, 0.3) is 0 Å². The maximum Gasteiger partial charge on any atom is 0.0576 e. The van der Waals surface area contributed by atoms with Gasteiger partial charge in [-0.25, -0.2) is 0 Å². The third-order valence-electron chi connectivity index (χ3n) is 1.29. The molecule has 0 unspecified atom stereocenters. The van der Waals surface area contributed by atoms with Gasteiger partial charge in [-0.2, -0.15) is 0 Å². The normalized spacial score (nSPS) is 23.0. The van der Waals surface area contributed by atoms with Gasteiger partial charge in [0.15, 0.2) is 0 Å². The minimum absolute atomic E-state index is 0.769. The fraction of sp³-hybridized carbons (Fsp3) is 0.500. The predicted molar refractivity (Wildman–Crippen MR) is 36.7 cm³/mol. The predicted octanol–water partition coefficient (Wildman–Crippen LogP) is 2.67. The Morgan fingerprint density at radius 2 is 2.00 bits per heavy atom. The Kier molecular flexibility index (Phi) is 1.90. The number of allylic oxidation sites excluding steroid dienone is 4. The molecular formula is C8H12. The van der Waals surface area contributed by atoms with Crippen molar-refractivity contribution in [3.05, 3.63) is 24.3 Å². The summed E-state index contributed by atoms with van der Waals surface area (Å²) < 4.78 is 7.32. The molecule has 0 saturated carbocycles. The van der Waals surface area contributed by atoms with E-state index >= 15 is 0 Å². The fourth-order valence-electron chi connectivity index (χ4n) is 0.805. The number of hydrogen-bond donors (Lipinski definition) is 0. The van der Waals surface area contributed by atoms with E-state index in [2.05, 4.69) is 6.08 Å². The van der Waals surface area contributed by atoms with Crippen molar-refractivity contribution in [2.75, 3.05) is 0 Å². The van der Waals surface area contributed by atoms with Crippen molar-refractivity contribution in [1.29, 1.82) is 0 Å². The molecule has 0 amide bonds. The summed E-state index contributed by atoms with van der Waals surface area (Å²) in [4.78, 5) is 0. The molecule has 0 aliphatic heterocycles. The summed E-state index contributed by atoms with van der Waals surface area (Å²) in [6.45, 7) is 0. The Morgan fingerprint density at radius 1 is 1.12 bits per heavy atom. The van der Waals surface area contributed by atoms with E-state index < -0.39 is 0 Å². The van der Waals surface area contributed by atoms with Gasteiger partial charge in [0.25, 0.3) is 0 Å². The zero-order chi connectivity index (χ0) is 6.53. The molecule has 0 heteroatoms. The summed E-state index contributed by atoms with van der Waals surface area (Å²) in [6, 6.07) is 0.769. The second-order valence-electron chi connectivity index (χ2n) is 2.04. The Balaban J connectivity index is 2.48. The van der Waals surface area contributed by atoms with Crippen LogP contribution in [0.4, 0.5) is 0 Å². The maximum atomic E-state index is 7.32. The van der Waals surface area contributed by atoms with E-state index in [0.29, 0.717) is 0 Å². The van der Waals surface area contributed by atoms with Gasteiger partial charge in [0.1, 0.15) is 0 Å². The van der Waals surface area contributed by atoms with E-state index in [1.807, 2.05) is 12.2 Å². The molecule has 1 rings (SSSR count). The first-order valence-corrected chi connectivity index (χ1v) is 3.22. The van der Waals surface area contributed by atoms with Crippen molar-refractivity contribution in [2.45, 2.75) is 25.7 Å². The smallest absolute Gasteiger partial charge is 0.0576 e. The van der Waals surface area contributed by atoms with E-state index in [1.54, 1.807) is 0 Å². The molecule has 0 radical (unpaired) electrons. The molecule has 8 heavy (non-hydrogen) atoms. The average molecular weight is 109 g/mol. The molecule has 0 heterocycles. The van der Waals surface area contributed by atoms with Crippen LogP contribution in [-0.2, 0) is 0 Å². The van der Waals surface area contributed by atoms with Gasteiger partial charge in [0.2, 0.25) is 0 Å². The highest BCUT2D eigenvalue weighted by molar-refractivity contribution is 5.03. The topological polar surface area (TPSA) is 0 Å². The van der Waals surface area contributed by atoms with Gasteiger partial charge in [-0.15, -0.1) is 0 Å². The lowest BCUT2D eigenvalue weighted by Gasteiger charge is -1.94. The van der Waals surface area contributed by atoms with Crippen LogP contribution >= 0.6 is 0 Å². The van der Waals surface area contributed by atoms with Crippen molar-refractivity contribution in [3.63, 3.8) is 0 Å². The summed E-state index contributed by atoms with van der Waals surface area (Å²) in [5, 5.41) is 0. The fourth-order valence-corrected chi connectivity index (χ4v) is 0.805. The highest BCUT2D eigenvalue weighted by Gasteiger charge is 1.84. The van der Waals surface area contributed by atoms with Crippen molar-refractivity contribution in [3.8, 4) is 0 Å². The largest absolute Gasteiger partial charge is 0.0845 e. The summed E-state index contributed by atoms with van der Waals surface area (Å²) in [5.41, 5.74) is 0. The van der Waals surface area contributed by atoms with Crippen LogP contribution in [0.2, 0.25) is 0 Å². The molecule has 0 saturated heterocycles. The van der Waals surface area contributed by atoms with Gasteiger partial charge >= 0.3 is 0 Å². The van der Waals surface area contributed by atoms with Gasteiger partial charge in [0, 0.05) is 0 Å². The van der Waals surface area contributed by atoms with Gasteiger partial charge < -0.3 is 0 Å². The van der Waals surface area contributed by atoms with Crippen LogP contribution in [0.5, 0.6) is 0 Å². The maximum absolute atomic E-state index is 7.32. The van der Waals surface area contributed by atoms with E-state index in [1.165, 1.54) is 19.3 Å². The Labute approximate surface area is 52.3 Å². The van der Waals surface area contributed by atoms with Crippen LogP contribution in [-0.4, -0.2) is 0 Å². The zero-order valence-electron chi connectivity index (χ0n) is 6.06. The molecule has 1 aliphatic carbocycles. The molecule has 0 nitrogen and oxygen atoms in total. The minimum atomic E-state index is 0.769. The molecule has 0 spiro atoms. The van der Waals surface area contributed by atoms with Crippen LogP contribution in [0, 0.1) is 0 Å². The molecule has 1 aliphatic rings. The molecule has 0 bridgehead atoms. The standard InChI is InChI=1S/C8H12/c1-2-4-6-8-7-5-3-1/h1-4H,5-8H2/i3D. The Hall–Kier alpha value is -0.520. The molecule has 0 N–H and O–H groups in total. The Morgan fingerprint density at radius 3 is 3.00 bits per heavy atom. The van der Waals surface area contributed by atoms with Gasteiger partial charge in [-0.1, -0.05) is 24.3 Å². The van der Waals surface area contributed by atoms with Crippen molar-refractivity contribution < 1.29 is 1.37 Å². The van der Waals surface area contributed by atoms with Gasteiger partial charge in [0.05, 0.1) is 1.37 Å². The van der Waals surface area contributed by atoms with Crippen molar-refractivity contribution in [2.24, 2.45) is 0 Å². The molecular weight excluding hydrogens is 96.1 g/mol. The van der Waals surface area contributed by atoms with E-state index in [-0.39, 0.29) is 0 Å². The summed E-state index contributed by atoms with van der Waals surface area (Å²) >= 11 is 0. The number of rotatable bonds is 0. The molecule has 44 valence electrons. The third kappa shape index (κ3) is 1.97. The summed E-state index contributed by atoms with van der Waals surface area (Å²) in [5.74, 6) is 0. The average Bonchev–Trinajstić information content (AvgIpc) is 1.79. The van der Waals surface area contributed by atoms with Gasteiger partial charge in [-0.05, 0) is 25.7 Å². The zero-order valence-corrected chi connectivity index (χ0v) is 5.06. The first kappa shape index (κ1) is 4.37. The summed E-state index contributed by atoms with van der Waals surface area (Å²) in [7, 11) is 0. The lowest BCUT2D eigenvalue weighted by Crippen LogP contribution is -1.74. The monoisotopic (exact) mass is 109 g/mol. The molecule has 0 fully saturated rings. The highest BCUT2D eigenvalue weighted by Crippen LogP contribution is 2.04. The molecule has 0 aromatic heterocycles. The third-order valence-corrected chi connectivity index (χ3v) is 1.29. The minimum Gasteiger partial charge on any atom is -0.0845 e. The number of hydrogen-bond acceptors (Lipinski definition) is 0. The van der Waals surface area contributed by atoms with Crippen molar-refractivity contribution >= 4 is 0 Å². The molecule has 0 atom stereocenters. The summed E-state index contributed by atoms with van der Waals surface area (Å²) in [6.07, 6.45) is 10.6. The molecule has 0 aromatic carbocycles. The highest BCUT2D eigenvalue weighted by atomic mass is 13.9. The van der Waals surface area contributed by atoms with E-state index in [9.17, 15) is 0 Å². The lowest BCUT2D eigenvalue weighted by molar-refractivity contribution is 0.758. The lowest BCUT2D eigenvalue weighted by atomic mass is 10.1. The second kappa shape index (κ2) is 3.48. The van der Waals surface area contributed by atoms with Crippen molar-refractivity contribution in [1.82, 2.24) is 0 Å². The van der Waals surface area contributed by atoms with Crippen LogP contribution < -0.4 is 0 Å². The first-order valence-electron chi connectivity index (χ1n) is 3.72.